The number of carboxylic acid groups (broad SMARTS) is 1. The van der Waals surface area contributed by atoms with Crippen molar-refractivity contribution in [3.8, 4) is 0 Å². The van der Waals surface area contributed by atoms with Gasteiger partial charge in [0.2, 0.25) is 0 Å². The van der Waals surface area contributed by atoms with E-state index in [4.69, 9.17) is 28.9 Å². The van der Waals surface area contributed by atoms with Crippen LogP contribution in [0, 0.1) is 6.92 Å². The number of benzene rings is 1. The molecule has 7 heteroatoms. The molecule has 1 aromatic carbocycles. The molecule has 2 rings (SSSR count). The predicted molar refractivity (Wildman–Crippen MR) is 84.8 cm³/mol. The van der Waals surface area contributed by atoms with Crippen molar-refractivity contribution in [1.82, 2.24) is 4.90 Å². The normalized spacial score (nSPS) is 14.7. The topological polar surface area (TPSA) is 69.6 Å². The summed E-state index contributed by atoms with van der Waals surface area (Å²) in [5.41, 5.74) is 1.69. The van der Waals surface area contributed by atoms with Crippen LogP contribution in [-0.4, -0.2) is 33.5 Å². The standard InChI is InChI=1S/C14H13ClN2O3S/c1-8-10(15)5-2-6-11(8)16-12(21)9-4-3-7-17(13(9)18)14(19)20/h2,4-6H,3,7H2,1H3,(H,16,21)(H,19,20). The Morgan fingerprint density at radius 3 is 2.86 bits per heavy atom. The minimum atomic E-state index is -1.27. The van der Waals surface area contributed by atoms with E-state index in [1.807, 2.05) is 6.92 Å². The van der Waals surface area contributed by atoms with Crippen LogP contribution in [0.15, 0.2) is 29.8 Å². The van der Waals surface area contributed by atoms with Gasteiger partial charge in [-0.25, -0.2) is 9.69 Å². The minimum absolute atomic E-state index is 0.149. The summed E-state index contributed by atoms with van der Waals surface area (Å²) in [7, 11) is 0. The van der Waals surface area contributed by atoms with Gasteiger partial charge >= 0.3 is 6.09 Å². The summed E-state index contributed by atoms with van der Waals surface area (Å²) in [6.45, 7) is 1.98. The van der Waals surface area contributed by atoms with Crippen LogP contribution in [0.3, 0.4) is 0 Å². The van der Waals surface area contributed by atoms with Crippen LogP contribution in [0.25, 0.3) is 0 Å². The number of nitrogens with one attached hydrogen (secondary N) is 1. The number of amides is 2. The lowest BCUT2D eigenvalue weighted by atomic mass is 10.1. The zero-order valence-corrected chi connectivity index (χ0v) is 12.8. The van der Waals surface area contributed by atoms with E-state index in [-0.39, 0.29) is 17.1 Å². The van der Waals surface area contributed by atoms with Crippen LogP contribution in [0.4, 0.5) is 10.5 Å². The molecule has 0 bridgehead atoms. The van der Waals surface area contributed by atoms with E-state index in [0.717, 1.165) is 10.5 Å². The molecule has 1 aromatic rings. The molecule has 110 valence electrons. The fourth-order valence-electron chi connectivity index (χ4n) is 1.98. The van der Waals surface area contributed by atoms with E-state index in [1.54, 1.807) is 24.3 Å². The minimum Gasteiger partial charge on any atom is -0.465 e. The van der Waals surface area contributed by atoms with Gasteiger partial charge in [-0.3, -0.25) is 4.79 Å². The third-order valence-corrected chi connectivity index (χ3v) is 3.90. The third-order valence-electron chi connectivity index (χ3n) is 3.17. The smallest absolute Gasteiger partial charge is 0.414 e. The summed E-state index contributed by atoms with van der Waals surface area (Å²) in [4.78, 5) is 24.0. The lowest BCUT2D eigenvalue weighted by Gasteiger charge is -2.23. The predicted octanol–water partition coefficient (Wildman–Crippen LogP) is 3.22. The molecule has 1 heterocycles. The molecule has 0 aliphatic carbocycles. The van der Waals surface area contributed by atoms with Gasteiger partial charge in [0.15, 0.2) is 0 Å². The fourth-order valence-corrected chi connectivity index (χ4v) is 2.43. The molecule has 0 radical (unpaired) electrons. The van der Waals surface area contributed by atoms with Crippen molar-refractivity contribution in [3.63, 3.8) is 0 Å². The van der Waals surface area contributed by atoms with Gasteiger partial charge in [0.25, 0.3) is 5.91 Å². The highest BCUT2D eigenvalue weighted by Gasteiger charge is 2.29. The van der Waals surface area contributed by atoms with Gasteiger partial charge in [-0.15, -0.1) is 0 Å². The first kappa shape index (κ1) is 15.5. The van der Waals surface area contributed by atoms with Crippen molar-refractivity contribution in [2.75, 3.05) is 11.9 Å². The second-order valence-corrected chi connectivity index (χ2v) is 5.33. The first-order valence-corrected chi connectivity index (χ1v) is 7.02. The maximum Gasteiger partial charge on any atom is 0.414 e. The van der Waals surface area contributed by atoms with Gasteiger partial charge in [-0.05, 0) is 31.0 Å². The van der Waals surface area contributed by atoms with Crippen molar-refractivity contribution < 1.29 is 14.7 Å². The maximum absolute atomic E-state index is 12.1. The quantitative estimate of drug-likeness (QED) is 0.817. The second-order valence-electron chi connectivity index (χ2n) is 4.51. The molecular formula is C14H13ClN2O3S. The molecule has 0 aromatic heterocycles. The van der Waals surface area contributed by atoms with Crippen LogP contribution >= 0.6 is 23.8 Å². The maximum atomic E-state index is 12.1. The monoisotopic (exact) mass is 324 g/mol. The first-order chi connectivity index (χ1) is 9.91. The van der Waals surface area contributed by atoms with E-state index < -0.39 is 12.0 Å². The van der Waals surface area contributed by atoms with E-state index in [1.165, 1.54) is 0 Å². The molecule has 0 unspecified atom stereocenters. The fraction of sp³-hybridized carbons (Fsp3) is 0.214. The number of hydrogen-bond acceptors (Lipinski definition) is 3. The number of carbonyl (C=O) groups is 2. The van der Waals surface area contributed by atoms with E-state index in [0.29, 0.717) is 17.1 Å². The first-order valence-electron chi connectivity index (χ1n) is 6.23. The molecule has 0 fully saturated rings. The number of halogens is 1. The summed E-state index contributed by atoms with van der Waals surface area (Å²) in [5, 5.41) is 12.5. The van der Waals surface area contributed by atoms with Gasteiger partial charge in [0.05, 0.1) is 5.57 Å². The Hall–Kier alpha value is -1.92. The molecule has 2 N–H and O–H groups in total. The number of thiocarbonyl (C=S) groups is 1. The Kier molecular flexibility index (Phi) is 4.59. The molecule has 2 amide bonds. The Morgan fingerprint density at radius 2 is 2.19 bits per heavy atom. The lowest BCUT2D eigenvalue weighted by molar-refractivity contribution is -0.125. The molecule has 0 spiro atoms. The molecule has 21 heavy (non-hydrogen) atoms. The molecule has 0 atom stereocenters. The van der Waals surface area contributed by atoms with Gasteiger partial charge in [0.1, 0.15) is 4.99 Å². The number of hydrogen-bond donors (Lipinski definition) is 2. The van der Waals surface area contributed by atoms with Crippen LogP contribution in [0.5, 0.6) is 0 Å². The zero-order chi connectivity index (χ0) is 15.6. The molecule has 0 saturated heterocycles. The molecule has 0 saturated carbocycles. The van der Waals surface area contributed by atoms with Gasteiger partial charge in [0, 0.05) is 17.3 Å². The molecule has 1 aliphatic rings. The van der Waals surface area contributed by atoms with Crippen LogP contribution in [-0.2, 0) is 4.79 Å². The lowest BCUT2D eigenvalue weighted by Crippen LogP contribution is -2.42. The highest BCUT2D eigenvalue weighted by Crippen LogP contribution is 2.24. The van der Waals surface area contributed by atoms with Crippen molar-refractivity contribution in [2.45, 2.75) is 13.3 Å². The van der Waals surface area contributed by atoms with E-state index in [2.05, 4.69) is 5.32 Å². The van der Waals surface area contributed by atoms with Crippen LogP contribution in [0.1, 0.15) is 12.0 Å². The van der Waals surface area contributed by atoms with Crippen molar-refractivity contribution in [3.05, 3.63) is 40.4 Å². The van der Waals surface area contributed by atoms with Crippen LogP contribution < -0.4 is 5.32 Å². The number of rotatable bonds is 2. The van der Waals surface area contributed by atoms with Crippen molar-refractivity contribution in [2.24, 2.45) is 0 Å². The SMILES string of the molecule is Cc1c(Cl)cccc1NC(=S)C1=CCCN(C(=O)O)C1=O. The number of nitrogens with zero attached hydrogens (tertiary/aromatic N) is 1. The van der Waals surface area contributed by atoms with E-state index in [9.17, 15) is 9.59 Å². The Morgan fingerprint density at radius 1 is 1.48 bits per heavy atom. The second kappa shape index (κ2) is 6.24. The van der Waals surface area contributed by atoms with Crippen molar-refractivity contribution >= 4 is 46.5 Å². The Labute approximate surface area is 132 Å². The largest absolute Gasteiger partial charge is 0.465 e. The summed E-state index contributed by atoms with van der Waals surface area (Å²) in [6, 6.07) is 5.31. The van der Waals surface area contributed by atoms with E-state index >= 15 is 0 Å². The average molecular weight is 325 g/mol. The number of imide groups is 1. The summed E-state index contributed by atoms with van der Waals surface area (Å²) < 4.78 is 0. The van der Waals surface area contributed by atoms with Gasteiger partial charge in [-0.2, -0.15) is 0 Å². The van der Waals surface area contributed by atoms with Crippen molar-refractivity contribution in [1.29, 1.82) is 0 Å². The number of carbonyl (C=O) groups excluding carboxylic acids is 1. The van der Waals surface area contributed by atoms with Gasteiger partial charge in [-0.1, -0.05) is 36.0 Å². The highest BCUT2D eigenvalue weighted by molar-refractivity contribution is 7.81. The molecular weight excluding hydrogens is 312 g/mol. The van der Waals surface area contributed by atoms with Gasteiger partial charge < -0.3 is 10.4 Å². The average Bonchev–Trinajstić information content (AvgIpc) is 2.43. The summed E-state index contributed by atoms with van der Waals surface area (Å²) >= 11 is 11.2. The zero-order valence-electron chi connectivity index (χ0n) is 11.2. The summed E-state index contributed by atoms with van der Waals surface area (Å²) in [6.07, 6.45) is 0.827. The molecule has 5 nitrogen and oxygen atoms in total. The van der Waals surface area contributed by atoms with Crippen LogP contribution in [0.2, 0.25) is 5.02 Å². The third kappa shape index (κ3) is 3.22. The number of anilines is 1. The Bertz CT molecular complexity index is 658. The highest BCUT2D eigenvalue weighted by atomic mass is 35.5. The molecule has 1 aliphatic heterocycles. The summed E-state index contributed by atoms with van der Waals surface area (Å²) in [5.74, 6) is -0.606. The Balaban J connectivity index is 2.21.